The van der Waals surface area contributed by atoms with Crippen molar-refractivity contribution >= 4 is 27.5 Å². The smallest absolute Gasteiger partial charge is 0.124 e. The predicted octanol–water partition coefficient (Wildman–Crippen LogP) is 3.34. The number of nitrogens with zero attached hydrogens (tertiary/aromatic N) is 3. The number of hydrogen-bond donors (Lipinski definition) is 2. The van der Waals surface area contributed by atoms with Crippen LogP contribution in [0.25, 0.3) is 21.8 Å². The van der Waals surface area contributed by atoms with Crippen LogP contribution in [0.4, 0.5) is 5.69 Å². The quantitative estimate of drug-likeness (QED) is 0.563. The van der Waals surface area contributed by atoms with Crippen LogP contribution in [0.5, 0.6) is 5.75 Å². The molecule has 25 heavy (non-hydrogen) atoms. The van der Waals surface area contributed by atoms with Gasteiger partial charge in [-0.2, -0.15) is 10.4 Å². The molecule has 0 aliphatic heterocycles. The number of nitrogens with two attached hydrogens (primary N) is 1. The van der Waals surface area contributed by atoms with Crippen LogP contribution in [0.1, 0.15) is 16.7 Å². The average Bonchev–Trinajstić information content (AvgIpc) is 3.25. The third-order valence-corrected chi connectivity index (χ3v) is 4.54. The van der Waals surface area contributed by atoms with Crippen molar-refractivity contribution in [1.29, 1.82) is 5.26 Å². The first-order valence-corrected chi connectivity index (χ1v) is 7.91. The van der Waals surface area contributed by atoms with Gasteiger partial charge in [0.05, 0.1) is 24.9 Å². The van der Waals surface area contributed by atoms with Crippen molar-refractivity contribution in [3.63, 3.8) is 0 Å². The lowest BCUT2D eigenvalue weighted by molar-refractivity contribution is 0.408. The molecule has 2 aromatic carbocycles. The van der Waals surface area contributed by atoms with Crippen LogP contribution in [0.2, 0.25) is 0 Å². The number of methoxy groups -OCH3 is 1. The molecule has 0 saturated heterocycles. The Labute approximate surface area is 144 Å². The molecule has 0 unspecified atom stereocenters. The molecule has 4 aromatic rings. The molecule has 0 radical (unpaired) electrons. The fourth-order valence-corrected chi connectivity index (χ4v) is 3.28. The fraction of sp³-hybridized carbons (Fsp3) is 0.158. The van der Waals surface area contributed by atoms with Gasteiger partial charge in [-0.1, -0.05) is 0 Å². The molecule has 6 nitrogen and oxygen atoms in total. The minimum Gasteiger partial charge on any atom is -0.496 e. The maximum atomic E-state index is 9.12. The Morgan fingerprint density at radius 1 is 1.36 bits per heavy atom. The monoisotopic (exact) mass is 331 g/mol. The van der Waals surface area contributed by atoms with Crippen LogP contribution in [0.3, 0.4) is 0 Å². The zero-order valence-electron chi connectivity index (χ0n) is 14.0. The number of ether oxygens (including phenoxy) is 1. The Balaban J connectivity index is 1.86. The number of aryl methyl sites for hydroxylation is 1. The molecule has 0 amide bonds. The number of aromatic nitrogens is 3. The third-order valence-electron chi connectivity index (χ3n) is 4.54. The van der Waals surface area contributed by atoms with E-state index in [-0.39, 0.29) is 0 Å². The van der Waals surface area contributed by atoms with Crippen molar-refractivity contribution in [3.8, 4) is 11.8 Å². The van der Waals surface area contributed by atoms with Crippen LogP contribution >= 0.6 is 0 Å². The van der Waals surface area contributed by atoms with Crippen LogP contribution < -0.4 is 10.5 Å². The summed E-state index contributed by atoms with van der Waals surface area (Å²) >= 11 is 0. The van der Waals surface area contributed by atoms with Gasteiger partial charge in [-0.3, -0.25) is 4.68 Å². The van der Waals surface area contributed by atoms with E-state index in [0.29, 0.717) is 23.3 Å². The van der Waals surface area contributed by atoms with Crippen LogP contribution in [-0.4, -0.2) is 21.9 Å². The van der Waals surface area contributed by atoms with Crippen LogP contribution in [0, 0.1) is 18.3 Å². The van der Waals surface area contributed by atoms with Gasteiger partial charge in [-0.25, -0.2) is 0 Å². The van der Waals surface area contributed by atoms with E-state index >= 15 is 0 Å². The number of aromatic amines is 1. The van der Waals surface area contributed by atoms with Crippen LogP contribution in [-0.2, 0) is 6.54 Å². The van der Waals surface area contributed by atoms with Crippen molar-refractivity contribution in [3.05, 3.63) is 53.3 Å². The second-order valence-corrected chi connectivity index (χ2v) is 6.04. The summed E-state index contributed by atoms with van der Waals surface area (Å²) in [5, 5.41) is 15.7. The van der Waals surface area contributed by atoms with Crippen molar-refractivity contribution in [1.82, 2.24) is 14.8 Å². The van der Waals surface area contributed by atoms with Gasteiger partial charge >= 0.3 is 0 Å². The lowest BCUT2D eigenvalue weighted by Crippen LogP contribution is -2.04. The van der Waals surface area contributed by atoms with E-state index in [1.807, 2.05) is 35.3 Å². The summed E-state index contributed by atoms with van der Waals surface area (Å²) in [7, 11) is 1.67. The number of nitrogen functional groups attached to an aromatic ring is 1. The number of benzene rings is 2. The van der Waals surface area contributed by atoms with Gasteiger partial charge in [0.1, 0.15) is 17.3 Å². The number of rotatable bonds is 3. The summed E-state index contributed by atoms with van der Waals surface area (Å²) in [4.78, 5) is 3.27. The van der Waals surface area contributed by atoms with Gasteiger partial charge in [0.2, 0.25) is 0 Å². The molecule has 0 aliphatic carbocycles. The normalized spacial score (nSPS) is 11.1. The van der Waals surface area contributed by atoms with Gasteiger partial charge in [-0.15, -0.1) is 0 Å². The van der Waals surface area contributed by atoms with Crippen LogP contribution in [0.15, 0.2) is 36.7 Å². The van der Waals surface area contributed by atoms with Gasteiger partial charge < -0.3 is 15.5 Å². The maximum absolute atomic E-state index is 9.12. The van der Waals surface area contributed by atoms with Gasteiger partial charge in [0.15, 0.2) is 0 Å². The zero-order valence-corrected chi connectivity index (χ0v) is 14.0. The number of nitrogens with one attached hydrogen (secondary N) is 1. The molecule has 6 heteroatoms. The molecule has 124 valence electrons. The minimum absolute atomic E-state index is 0.418. The lowest BCUT2D eigenvalue weighted by atomic mass is 10.0. The molecule has 0 saturated carbocycles. The average molecular weight is 331 g/mol. The topological polar surface area (TPSA) is 92.6 Å². The number of nitriles is 1. The summed E-state index contributed by atoms with van der Waals surface area (Å²) in [6.07, 6.45) is 3.86. The van der Waals surface area contributed by atoms with Gasteiger partial charge in [-0.05, 0) is 36.8 Å². The Morgan fingerprint density at radius 2 is 2.20 bits per heavy atom. The highest BCUT2D eigenvalue weighted by Crippen LogP contribution is 2.32. The Morgan fingerprint density at radius 3 is 2.96 bits per heavy atom. The van der Waals surface area contributed by atoms with Crippen molar-refractivity contribution in [2.45, 2.75) is 13.5 Å². The summed E-state index contributed by atoms with van der Waals surface area (Å²) in [6, 6.07) is 9.76. The summed E-state index contributed by atoms with van der Waals surface area (Å²) in [5.41, 5.74) is 10.8. The number of H-pyrrole nitrogens is 1. The van der Waals surface area contributed by atoms with E-state index in [1.165, 1.54) is 0 Å². The maximum Gasteiger partial charge on any atom is 0.124 e. The highest BCUT2D eigenvalue weighted by Gasteiger charge is 2.14. The van der Waals surface area contributed by atoms with E-state index < -0.39 is 0 Å². The molecule has 0 atom stereocenters. The standard InChI is InChI=1S/C19H17N5O/c1-11-7-16(25-2)15(14-5-6-22-18(11)14)10-24-9-13-4-3-12(8-20)17(21)19(13)23-24/h3-7,9,22H,10,21H2,1-2H3. The molecule has 0 spiro atoms. The first-order chi connectivity index (χ1) is 12.1. The number of fused-ring (bicyclic) bond motifs is 2. The summed E-state index contributed by atoms with van der Waals surface area (Å²) in [6.45, 7) is 2.60. The SMILES string of the molecule is COc1cc(C)c2[nH]ccc2c1Cn1cc2ccc(C#N)c(N)c2n1. The van der Waals surface area contributed by atoms with Crippen molar-refractivity contribution < 1.29 is 4.74 Å². The summed E-state index contributed by atoms with van der Waals surface area (Å²) in [5.74, 6) is 0.829. The highest BCUT2D eigenvalue weighted by atomic mass is 16.5. The second-order valence-electron chi connectivity index (χ2n) is 6.04. The Hall–Kier alpha value is -3.46. The van der Waals surface area contributed by atoms with E-state index in [4.69, 9.17) is 15.7 Å². The third kappa shape index (κ3) is 2.29. The molecule has 0 bridgehead atoms. The Kier molecular flexibility index (Phi) is 3.36. The number of hydrogen-bond acceptors (Lipinski definition) is 4. The molecule has 0 fully saturated rings. The molecule has 0 aliphatic rings. The molecule has 2 aromatic heterocycles. The molecular weight excluding hydrogens is 314 g/mol. The Bertz CT molecular complexity index is 1150. The van der Waals surface area contributed by atoms with Gasteiger partial charge in [0, 0.05) is 34.2 Å². The largest absolute Gasteiger partial charge is 0.496 e. The summed E-state index contributed by atoms with van der Waals surface area (Å²) < 4.78 is 7.42. The molecule has 4 rings (SSSR count). The van der Waals surface area contributed by atoms with Gasteiger partial charge in [0.25, 0.3) is 0 Å². The fourth-order valence-electron chi connectivity index (χ4n) is 3.28. The first-order valence-electron chi connectivity index (χ1n) is 7.91. The van der Waals surface area contributed by atoms with E-state index in [0.717, 1.165) is 33.2 Å². The molecule has 2 heterocycles. The van der Waals surface area contributed by atoms with E-state index in [9.17, 15) is 0 Å². The van der Waals surface area contributed by atoms with Crippen molar-refractivity contribution in [2.75, 3.05) is 12.8 Å². The molecular formula is C19H17N5O. The predicted molar refractivity (Wildman–Crippen MR) is 97.6 cm³/mol. The second kappa shape index (κ2) is 5.56. The van der Waals surface area contributed by atoms with E-state index in [1.54, 1.807) is 13.2 Å². The van der Waals surface area contributed by atoms with Crippen molar-refractivity contribution in [2.24, 2.45) is 0 Å². The zero-order chi connectivity index (χ0) is 17.6. The highest BCUT2D eigenvalue weighted by molar-refractivity contribution is 5.92. The first kappa shape index (κ1) is 15.1. The lowest BCUT2D eigenvalue weighted by Gasteiger charge is -2.12. The molecule has 3 N–H and O–H groups in total. The van der Waals surface area contributed by atoms with E-state index in [2.05, 4.69) is 23.1 Å². The minimum atomic E-state index is 0.418. The number of anilines is 1.